The van der Waals surface area contributed by atoms with Crippen molar-refractivity contribution in [2.45, 2.75) is 45.2 Å². The van der Waals surface area contributed by atoms with Crippen molar-refractivity contribution in [3.63, 3.8) is 0 Å². The second-order valence-electron chi connectivity index (χ2n) is 4.89. The summed E-state index contributed by atoms with van der Waals surface area (Å²) in [6, 6.07) is 4.36. The van der Waals surface area contributed by atoms with Crippen molar-refractivity contribution >= 4 is 0 Å². The number of rotatable bonds is 4. The molecule has 3 heteroatoms. The lowest BCUT2D eigenvalue weighted by Gasteiger charge is -2.27. The fourth-order valence-corrected chi connectivity index (χ4v) is 2.19. The summed E-state index contributed by atoms with van der Waals surface area (Å²) < 4.78 is 11.2. The molecule has 1 fully saturated rings. The van der Waals surface area contributed by atoms with E-state index in [0.29, 0.717) is 0 Å². The highest BCUT2D eigenvalue weighted by Gasteiger charge is 2.31. The predicted octanol–water partition coefficient (Wildman–Crippen LogP) is 2.67. The van der Waals surface area contributed by atoms with E-state index in [1.807, 2.05) is 0 Å². The van der Waals surface area contributed by atoms with Crippen molar-refractivity contribution in [2.24, 2.45) is 0 Å². The van der Waals surface area contributed by atoms with Crippen LogP contribution < -0.4 is 5.32 Å². The van der Waals surface area contributed by atoms with Gasteiger partial charge in [0.15, 0.2) is 0 Å². The Morgan fingerprint density at radius 3 is 2.88 bits per heavy atom. The van der Waals surface area contributed by atoms with Crippen LogP contribution in [0.25, 0.3) is 0 Å². The van der Waals surface area contributed by atoms with Crippen molar-refractivity contribution in [3.8, 4) is 0 Å². The number of ether oxygens (including phenoxy) is 1. The molecule has 0 saturated carbocycles. The Morgan fingerprint density at radius 2 is 2.31 bits per heavy atom. The molecule has 2 rings (SSSR count). The zero-order valence-corrected chi connectivity index (χ0v) is 10.4. The molecule has 3 nitrogen and oxygen atoms in total. The van der Waals surface area contributed by atoms with Gasteiger partial charge in [-0.25, -0.2) is 0 Å². The lowest BCUT2D eigenvalue weighted by molar-refractivity contribution is 0.165. The zero-order chi connectivity index (χ0) is 11.6. The molecule has 0 spiro atoms. The van der Waals surface area contributed by atoms with E-state index in [1.165, 1.54) is 0 Å². The van der Waals surface area contributed by atoms with Crippen molar-refractivity contribution in [1.82, 2.24) is 5.32 Å². The first-order valence-electron chi connectivity index (χ1n) is 6.07. The summed E-state index contributed by atoms with van der Waals surface area (Å²) in [6.45, 7) is 8.10. The SMILES string of the molecule is CCc1ccc([C@@H](C)N[C@]2(C)CCOC2)o1. The maximum absolute atomic E-state index is 5.75. The van der Waals surface area contributed by atoms with Crippen LogP contribution in [0.2, 0.25) is 0 Å². The minimum Gasteiger partial charge on any atom is -0.464 e. The summed E-state index contributed by atoms with van der Waals surface area (Å²) >= 11 is 0. The van der Waals surface area contributed by atoms with Crippen LogP contribution in [0, 0.1) is 0 Å². The average Bonchev–Trinajstić information content (AvgIpc) is 2.86. The van der Waals surface area contributed by atoms with Gasteiger partial charge < -0.3 is 9.15 Å². The van der Waals surface area contributed by atoms with Crippen LogP contribution in [0.3, 0.4) is 0 Å². The quantitative estimate of drug-likeness (QED) is 0.852. The maximum Gasteiger partial charge on any atom is 0.120 e. The number of aryl methyl sites for hydroxylation is 1. The molecule has 1 saturated heterocycles. The third-order valence-corrected chi connectivity index (χ3v) is 3.24. The fraction of sp³-hybridized carbons (Fsp3) is 0.692. The molecule has 1 aromatic rings. The van der Waals surface area contributed by atoms with E-state index in [2.05, 4.69) is 38.2 Å². The molecule has 1 aliphatic rings. The summed E-state index contributed by atoms with van der Waals surface area (Å²) in [5.74, 6) is 2.07. The lowest BCUT2D eigenvalue weighted by Crippen LogP contribution is -2.44. The van der Waals surface area contributed by atoms with Gasteiger partial charge in [0, 0.05) is 18.6 Å². The molecular weight excluding hydrogens is 202 g/mol. The van der Waals surface area contributed by atoms with Gasteiger partial charge in [0.2, 0.25) is 0 Å². The lowest BCUT2D eigenvalue weighted by atomic mass is 10.00. The molecule has 0 radical (unpaired) electrons. The topological polar surface area (TPSA) is 34.4 Å². The summed E-state index contributed by atoms with van der Waals surface area (Å²) in [5.41, 5.74) is 0.0958. The molecule has 1 N–H and O–H groups in total. The normalized spacial score (nSPS) is 27.2. The van der Waals surface area contributed by atoms with E-state index >= 15 is 0 Å². The average molecular weight is 223 g/mol. The predicted molar refractivity (Wildman–Crippen MR) is 63.5 cm³/mol. The van der Waals surface area contributed by atoms with Crippen molar-refractivity contribution in [2.75, 3.05) is 13.2 Å². The first-order valence-corrected chi connectivity index (χ1v) is 6.07. The van der Waals surface area contributed by atoms with Crippen LogP contribution in [-0.4, -0.2) is 18.8 Å². The van der Waals surface area contributed by atoms with Crippen LogP contribution in [0.4, 0.5) is 0 Å². The molecule has 16 heavy (non-hydrogen) atoms. The Morgan fingerprint density at radius 1 is 1.50 bits per heavy atom. The Bertz CT molecular complexity index is 339. The number of furan rings is 1. The second-order valence-corrected chi connectivity index (χ2v) is 4.89. The molecule has 0 unspecified atom stereocenters. The van der Waals surface area contributed by atoms with Gasteiger partial charge in [-0.05, 0) is 32.4 Å². The number of hydrogen-bond acceptors (Lipinski definition) is 3. The third kappa shape index (κ3) is 2.47. The minimum absolute atomic E-state index is 0.0958. The molecule has 0 aliphatic carbocycles. The Labute approximate surface area is 97.2 Å². The zero-order valence-electron chi connectivity index (χ0n) is 10.4. The summed E-state index contributed by atoms with van der Waals surface area (Å²) in [4.78, 5) is 0. The Hall–Kier alpha value is -0.800. The molecule has 2 heterocycles. The van der Waals surface area contributed by atoms with E-state index in [4.69, 9.17) is 9.15 Å². The number of hydrogen-bond donors (Lipinski definition) is 1. The van der Waals surface area contributed by atoms with Crippen LogP contribution in [0.5, 0.6) is 0 Å². The van der Waals surface area contributed by atoms with Crippen molar-refractivity contribution in [3.05, 3.63) is 23.7 Å². The van der Waals surface area contributed by atoms with Crippen LogP contribution in [0.1, 0.15) is 44.8 Å². The van der Waals surface area contributed by atoms with E-state index in [9.17, 15) is 0 Å². The summed E-state index contributed by atoms with van der Waals surface area (Å²) in [6.07, 6.45) is 2.02. The monoisotopic (exact) mass is 223 g/mol. The van der Waals surface area contributed by atoms with Gasteiger partial charge >= 0.3 is 0 Å². The highest BCUT2D eigenvalue weighted by atomic mass is 16.5. The first-order chi connectivity index (χ1) is 7.63. The molecule has 1 aliphatic heterocycles. The summed E-state index contributed by atoms with van der Waals surface area (Å²) in [7, 11) is 0. The van der Waals surface area contributed by atoms with E-state index in [0.717, 1.165) is 37.6 Å². The molecule has 0 aromatic carbocycles. The summed E-state index contributed by atoms with van der Waals surface area (Å²) in [5, 5.41) is 3.59. The molecule has 0 amide bonds. The molecular formula is C13H21NO2. The van der Waals surface area contributed by atoms with Crippen LogP contribution in [-0.2, 0) is 11.2 Å². The largest absolute Gasteiger partial charge is 0.464 e. The van der Waals surface area contributed by atoms with Gasteiger partial charge in [0.1, 0.15) is 11.5 Å². The van der Waals surface area contributed by atoms with Crippen molar-refractivity contribution < 1.29 is 9.15 Å². The minimum atomic E-state index is 0.0958. The standard InChI is InChI=1S/C13H21NO2/c1-4-11-5-6-12(16-11)10(2)14-13(3)7-8-15-9-13/h5-6,10,14H,4,7-9H2,1-3H3/t10-,13-/m1/s1. The molecule has 1 aromatic heterocycles. The van der Waals surface area contributed by atoms with Gasteiger partial charge in [-0.3, -0.25) is 5.32 Å². The third-order valence-electron chi connectivity index (χ3n) is 3.24. The van der Waals surface area contributed by atoms with E-state index < -0.39 is 0 Å². The smallest absolute Gasteiger partial charge is 0.120 e. The van der Waals surface area contributed by atoms with E-state index in [-0.39, 0.29) is 11.6 Å². The van der Waals surface area contributed by atoms with Crippen LogP contribution in [0.15, 0.2) is 16.5 Å². The number of nitrogens with one attached hydrogen (secondary N) is 1. The van der Waals surface area contributed by atoms with Gasteiger partial charge in [-0.1, -0.05) is 6.92 Å². The highest BCUT2D eigenvalue weighted by Crippen LogP contribution is 2.24. The van der Waals surface area contributed by atoms with Crippen LogP contribution >= 0.6 is 0 Å². The van der Waals surface area contributed by atoms with Gasteiger partial charge in [0.05, 0.1) is 12.6 Å². The molecule has 2 atom stereocenters. The maximum atomic E-state index is 5.75. The van der Waals surface area contributed by atoms with Gasteiger partial charge in [-0.15, -0.1) is 0 Å². The molecule has 0 bridgehead atoms. The van der Waals surface area contributed by atoms with Gasteiger partial charge in [-0.2, -0.15) is 0 Å². The Kier molecular flexibility index (Phi) is 3.36. The Balaban J connectivity index is 1.99. The highest BCUT2D eigenvalue weighted by molar-refractivity contribution is 5.11. The van der Waals surface area contributed by atoms with Gasteiger partial charge in [0.25, 0.3) is 0 Å². The van der Waals surface area contributed by atoms with Crippen molar-refractivity contribution in [1.29, 1.82) is 0 Å². The van der Waals surface area contributed by atoms with E-state index in [1.54, 1.807) is 0 Å². The second kappa shape index (κ2) is 4.60. The molecule has 90 valence electrons. The first kappa shape index (κ1) is 11.7. The fourth-order valence-electron chi connectivity index (χ4n) is 2.19.